The second-order valence-corrected chi connectivity index (χ2v) is 8.43. The fourth-order valence-electron chi connectivity index (χ4n) is 4.96. The maximum Gasteiger partial charge on any atom is 0.173 e. The Morgan fingerprint density at radius 3 is 2.39 bits per heavy atom. The minimum Gasteiger partial charge on any atom is -0.367 e. The monoisotopic (exact) mass is 421 g/mol. The molecule has 0 N–H and O–H groups in total. The Morgan fingerprint density at radius 1 is 0.903 bits per heavy atom. The summed E-state index contributed by atoms with van der Waals surface area (Å²) >= 11 is 0. The molecule has 5 rings (SSSR count). The number of piperazine rings is 1. The zero-order valence-electron chi connectivity index (χ0n) is 17.6. The summed E-state index contributed by atoms with van der Waals surface area (Å²) in [6, 6.07) is 11.4. The first-order chi connectivity index (χ1) is 15.3. The van der Waals surface area contributed by atoms with Gasteiger partial charge in [0.25, 0.3) is 0 Å². The van der Waals surface area contributed by atoms with E-state index in [1.54, 1.807) is 6.07 Å². The number of pyridine rings is 1. The summed E-state index contributed by atoms with van der Waals surface area (Å²) in [5.74, 6) is 0.736. The lowest BCUT2D eigenvalue weighted by molar-refractivity contribution is 0.193. The Balaban J connectivity index is 1.41. The molecule has 8 heteroatoms. The number of nitrogens with zero attached hydrogens (tertiary/aromatic N) is 7. The van der Waals surface area contributed by atoms with Gasteiger partial charge in [-0.3, -0.25) is 9.88 Å². The van der Waals surface area contributed by atoms with E-state index in [2.05, 4.69) is 35.0 Å². The highest BCUT2D eigenvalue weighted by atomic mass is 19.1. The van der Waals surface area contributed by atoms with Crippen LogP contribution >= 0.6 is 0 Å². The lowest BCUT2D eigenvalue weighted by Crippen LogP contribution is -2.48. The molecule has 3 heterocycles. The van der Waals surface area contributed by atoms with E-state index in [0.29, 0.717) is 11.7 Å². The number of para-hydroxylation sites is 1. The summed E-state index contributed by atoms with van der Waals surface area (Å²) < 4.78 is 16.3. The molecule has 31 heavy (non-hydrogen) atoms. The largest absolute Gasteiger partial charge is 0.367 e. The Morgan fingerprint density at radius 2 is 1.65 bits per heavy atom. The predicted octanol–water partition coefficient (Wildman–Crippen LogP) is 3.62. The van der Waals surface area contributed by atoms with Crippen LogP contribution in [0.4, 0.5) is 10.1 Å². The summed E-state index contributed by atoms with van der Waals surface area (Å²) in [5.41, 5.74) is 1.82. The Bertz CT molecular complexity index is 978. The molecular weight excluding hydrogens is 393 g/mol. The van der Waals surface area contributed by atoms with Gasteiger partial charge in [-0.05, 0) is 53.1 Å². The van der Waals surface area contributed by atoms with Gasteiger partial charge in [0, 0.05) is 38.6 Å². The minimum absolute atomic E-state index is 0.0392. The van der Waals surface area contributed by atoms with Crippen molar-refractivity contribution < 1.29 is 4.39 Å². The van der Waals surface area contributed by atoms with Gasteiger partial charge in [0.2, 0.25) is 0 Å². The van der Waals surface area contributed by atoms with Gasteiger partial charge in [-0.2, -0.15) is 0 Å². The molecule has 2 fully saturated rings. The van der Waals surface area contributed by atoms with Crippen molar-refractivity contribution >= 4 is 5.69 Å². The average molecular weight is 422 g/mol. The lowest BCUT2D eigenvalue weighted by atomic mass is 9.95. The molecule has 162 valence electrons. The molecule has 2 aromatic heterocycles. The molecule has 1 aliphatic heterocycles. The third kappa shape index (κ3) is 4.17. The summed E-state index contributed by atoms with van der Waals surface area (Å²) in [6.45, 7) is 3.12. The molecule has 2 aliphatic rings. The van der Waals surface area contributed by atoms with Crippen molar-refractivity contribution in [2.45, 2.75) is 44.2 Å². The number of hydrogen-bond donors (Lipinski definition) is 0. The van der Waals surface area contributed by atoms with Crippen LogP contribution < -0.4 is 4.90 Å². The van der Waals surface area contributed by atoms with Crippen molar-refractivity contribution in [1.82, 2.24) is 30.1 Å². The standard InChI is InChI=1S/C23H28FN7/c24-20-8-4-5-9-21(20)29-14-16-30(17-15-29)22(18-10-12-25-13-11-18)23-26-27-28-31(23)19-6-2-1-3-7-19/h4-5,8-13,19,22H,1-3,6-7,14-17H2/t22-/m0/s1. The predicted molar refractivity (Wildman–Crippen MR) is 116 cm³/mol. The molecule has 3 aromatic rings. The van der Waals surface area contributed by atoms with Crippen molar-refractivity contribution in [2.75, 3.05) is 31.1 Å². The fourth-order valence-corrected chi connectivity index (χ4v) is 4.96. The molecule has 0 amide bonds. The van der Waals surface area contributed by atoms with Crippen molar-refractivity contribution in [3.05, 3.63) is 66.0 Å². The maximum atomic E-state index is 14.3. The first-order valence-corrected chi connectivity index (χ1v) is 11.2. The summed E-state index contributed by atoms with van der Waals surface area (Å²) in [4.78, 5) is 8.74. The average Bonchev–Trinajstić information content (AvgIpc) is 3.31. The van der Waals surface area contributed by atoms with Crippen LogP contribution in [0.25, 0.3) is 0 Å². The lowest BCUT2D eigenvalue weighted by Gasteiger charge is -2.40. The molecule has 1 saturated carbocycles. The number of halogens is 1. The van der Waals surface area contributed by atoms with Gasteiger partial charge in [-0.15, -0.1) is 5.10 Å². The molecule has 0 unspecified atom stereocenters. The quantitative estimate of drug-likeness (QED) is 0.627. The SMILES string of the molecule is Fc1ccccc1N1CCN([C@@H](c2ccncc2)c2nnnn2C2CCCCC2)CC1. The highest BCUT2D eigenvalue weighted by Crippen LogP contribution is 2.34. The molecular formula is C23H28FN7. The van der Waals surface area contributed by atoms with Crippen LogP contribution in [-0.4, -0.2) is 56.3 Å². The van der Waals surface area contributed by atoms with E-state index in [-0.39, 0.29) is 11.9 Å². The zero-order valence-corrected chi connectivity index (χ0v) is 17.6. The summed E-state index contributed by atoms with van der Waals surface area (Å²) in [7, 11) is 0. The van der Waals surface area contributed by atoms with E-state index in [1.807, 2.05) is 36.7 Å². The Kier molecular flexibility index (Phi) is 5.88. The fraction of sp³-hybridized carbons (Fsp3) is 0.478. The Hall–Kier alpha value is -2.87. The van der Waals surface area contributed by atoms with Gasteiger partial charge in [0.05, 0.1) is 17.8 Å². The second-order valence-electron chi connectivity index (χ2n) is 8.43. The molecule has 1 saturated heterocycles. The summed E-state index contributed by atoms with van der Waals surface area (Å²) in [5, 5.41) is 13.0. The highest BCUT2D eigenvalue weighted by Gasteiger charge is 2.33. The highest BCUT2D eigenvalue weighted by molar-refractivity contribution is 5.48. The number of rotatable bonds is 5. The van der Waals surface area contributed by atoms with E-state index >= 15 is 0 Å². The van der Waals surface area contributed by atoms with Crippen LogP contribution in [0.2, 0.25) is 0 Å². The van der Waals surface area contributed by atoms with Crippen LogP contribution in [0.3, 0.4) is 0 Å². The third-order valence-corrected chi connectivity index (χ3v) is 6.58. The van der Waals surface area contributed by atoms with E-state index < -0.39 is 0 Å². The van der Waals surface area contributed by atoms with E-state index in [9.17, 15) is 4.39 Å². The van der Waals surface area contributed by atoms with Crippen molar-refractivity contribution in [1.29, 1.82) is 0 Å². The zero-order chi connectivity index (χ0) is 21.0. The van der Waals surface area contributed by atoms with Crippen molar-refractivity contribution in [3.8, 4) is 0 Å². The van der Waals surface area contributed by atoms with E-state index in [0.717, 1.165) is 50.4 Å². The normalized spacial score (nSPS) is 19.5. The minimum atomic E-state index is -0.164. The second kappa shape index (κ2) is 9.09. The third-order valence-electron chi connectivity index (χ3n) is 6.58. The van der Waals surface area contributed by atoms with Crippen LogP contribution in [0, 0.1) is 5.82 Å². The van der Waals surface area contributed by atoms with Crippen LogP contribution in [0.5, 0.6) is 0 Å². The first kappa shape index (κ1) is 20.1. The molecule has 0 radical (unpaired) electrons. The van der Waals surface area contributed by atoms with Gasteiger partial charge < -0.3 is 4.90 Å². The molecule has 7 nitrogen and oxygen atoms in total. The van der Waals surface area contributed by atoms with Gasteiger partial charge in [0.15, 0.2) is 5.82 Å². The van der Waals surface area contributed by atoms with Gasteiger partial charge in [-0.25, -0.2) is 9.07 Å². The molecule has 0 spiro atoms. The molecule has 1 aliphatic carbocycles. The number of aromatic nitrogens is 5. The number of hydrogen-bond acceptors (Lipinski definition) is 6. The number of benzene rings is 1. The van der Waals surface area contributed by atoms with Crippen LogP contribution in [-0.2, 0) is 0 Å². The topological polar surface area (TPSA) is 63.0 Å². The van der Waals surface area contributed by atoms with Crippen LogP contribution in [0.15, 0.2) is 48.8 Å². The summed E-state index contributed by atoms with van der Waals surface area (Å²) in [6.07, 6.45) is 9.65. The van der Waals surface area contributed by atoms with Gasteiger partial charge >= 0.3 is 0 Å². The van der Waals surface area contributed by atoms with Crippen LogP contribution in [0.1, 0.15) is 55.6 Å². The van der Waals surface area contributed by atoms with Crippen molar-refractivity contribution in [3.63, 3.8) is 0 Å². The molecule has 1 aromatic carbocycles. The van der Waals surface area contributed by atoms with E-state index in [4.69, 9.17) is 0 Å². The van der Waals surface area contributed by atoms with Gasteiger partial charge in [-0.1, -0.05) is 31.4 Å². The smallest absolute Gasteiger partial charge is 0.173 e. The number of anilines is 1. The first-order valence-electron chi connectivity index (χ1n) is 11.2. The van der Waals surface area contributed by atoms with E-state index in [1.165, 1.54) is 25.3 Å². The Labute approximate surface area is 181 Å². The van der Waals surface area contributed by atoms with Gasteiger partial charge in [0.1, 0.15) is 5.82 Å². The maximum absolute atomic E-state index is 14.3. The number of tetrazole rings is 1. The molecule has 0 bridgehead atoms. The van der Waals surface area contributed by atoms with Crippen molar-refractivity contribution in [2.24, 2.45) is 0 Å². The molecule has 1 atom stereocenters.